The van der Waals surface area contributed by atoms with Crippen LogP contribution in [0.4, 0.5) is 0 Å². The molecule has 0 radical (unpaired) electrons. The highest BCUT2D eigenvalue weighted by molar-refractivity contribution is 6.30. The largest absolute Gasteiger partial charge is 0.497 e. The van der Waals surface area contributed by atoms with Crippen LogP contribution in [0.1, 0.15) is 17.2 Å². The molecule has 0 amide bonds. The number of aryl methyl sites for hydroxylation is 1. The summed E-state index contributed by atoms with van der Waals surface area (Å²) in [6.45, 7) is 2.37. The van der Waals surface area contributed by atoms with Crippen molar-refractivity contribution in [3.8, 4) is 11.5 Å². The van der Waals surface area contributed by atoms with Crippen molar-refractivity contribution in [3.05, 3.63) is 58.6 Å². The monoisotopic (exact) mass is 291 g/mol. The third kappa shape index (κ3) is 3.65. The Hall–Kier alpha value is -1.71. The molecule has 106 valence electrons. The van der Waals surface area contributed by atoms with Crippen molar-refractivity contribution in [2.75, 3.05) is 13.7 Å². The SMILES string of the molecule is COc1ccc(C(N)COc2ccc(Cl)cc2C)cc1. The minimum atomic E-state index is -0.184. The van der Waals surface area contributed by atoms with Gasteiger partial charge in [-0.2, -0.15) is 0 Å². The number of rotatable bonds is 5. The first-order valence-corrected chi connectivity index (χ1v) is 6.76. The average molecular weight is 292 g/mol. The van der Waals surface area contributed by atoms with Crippen molar-refractivity contribution in [2.45, 2.75) is 13.0 Å². The van der Waals surface area contributed by atoms with Gasteiger partial charge in [0.15, 0.2) is 0 Å². The third-order valence-corrected chi connectivity index (χ3v) is 3.33. The molecule has 0 aliphatic rings. The molecule has 20 heavy (non-hydrogen) atoms. The van der Waals surface area contributed by atoms with Crippen LogP contribution in [0.5, 0.6) is 11.5 Å². The van der Waals surface area contributed by atoms with E-state index in [2.05, 4.69) is 0 Å². The molecule has 4 heteroatoms. The molecule has 0 aliphatic carbocycles. The van der Waals surface area contributed by atoms with Crippen LogP contribution in [-0.4, -0.2) is 13.7 Å². The number of methoxy groups -OCH3 is 1. The number of hydrogen-bond donors (Lipinski definition) is 1. The van der Waals surface area contributed by atoms with Gasteiger partial charge in [0.1, 0.15) is 18.1 Å². The van der Waals surface area contributed by atoms with Crippen LogP contribution in [0, 0.1) is 6.92 Å². The van der Waals surface area contributed by atoms with Crippen molar-refractivity contribution in [1.82, 2.24) is 0 Å². The zero-order valence-corrected chi connectivity index (χ0v) is 12.4. The van der Waals surface area contributed by atoms with Gasteiger partial charge in [-0.15, -0.1) is 0 Å². The van der Waals surface area contributed by atoms with Gasteiger partial charge in [-0.1, -0.05) is 23.7 Å². The fraction of sp³-hybridized carbons (Fsp3) is 0.250. The van der Waals surface area contributed by atoms with E-state index in [-0.39, 0.29) is 6.04 Å². The molecule has 0 aliphatic heterocycles. The van der Waals surface area contributed by atoms with E-state index in [9.17, 15) is 0 Å². The Labute approximate surface area is 124 Å². The third-order valence-electron chi connectivity index (χ3n) is 3.10. The lowest BCUT2D eigenvalue weighted by atomic mass is 10.1. The molecule has 3 nitrogen and oxygen atoms in total. The lowest BCUT2D eigenvalue weighted by Crippen LogP contribution is -2.19. The first-order valence-electron chi connectivity index (χ1n) is 6.38. The number of hydrogen-bond acceptors (Lipinski definition) is 3. The van der Waals surface area contributed by atoms with Gasteiger partial charge in [0, 0.05) is 5.02 Å². The molecular formula is C16H18ClNO2. The zero-order valence-electron chi connectivity index (χ0n) is 11.6. The van der Waals surface area contributed by atoms with Crippen molar-refractivity contribution in [1.29, 1.82) is 0 Å². The van der Waals surface area contributed by atoms with Gasteiger partial charge in [-0.25, -0.2) is 0 Å². The maximum Gasteiger partial charge on any atom is 0.122 e. The Balaban J connectivity index is 1.98. The van der Waals surface area contributed by atoms with E-state index in [4.69, 9.17) is 26.8 Å². The molecule has 0 saturated heterocycles. The van der Waals surface area contributed by atoms with E-state index in [0.717, 1.165) is 22.6 Å². The summed E-state index contributed by atoms with van der Waals surface area (Å²) < 4.78 is 10.9. The van der Waals surface area contributed by atoms with Gasteiger partial charge in [-0.3, -0.25) is 0 Å². The van der Waals surface area contributed by atoms with Crippen LogP contribution in [-0.2, 0) is 0 Å². The quantitative estimate of drug-likeness (QED) is 0.913. The number of benzene rings is 2. The summed E-state index contributed by atoms with van der Waals surface area (Å²) in [5, 5.41) is 0.703. The summed E-state index contributed by atoms with van der Waals surface area (Å²) in [6, 6.07) is 13.0. The molecule has 1 unspecified atom stereocenters. The summed E-state index contributed by atoms with van der Waals surface area (Å²) in [5.74, 6) is 1.62. The molecule has 2 rings (SSSR count). The smallest absolute Gasteiger partial charge is 0.122 e. The van der Waals surface area contributed by atoms with Crippen LogP contribution in [0.25, 0.3) is 0 Å². The molecular weight excluding hydrogens is 274 g/mol. The standard InChI is InChI=1S/C16H18ClNO2/c1-11-9-13(17)5-8-16(11)20-10-15(18)12-3-6-14(19-2)7-4-12/h3-9,15H,10,18H2,1-2H3. The van der Waals surface area contributed by atoms with Crippen LogP contribution in [0.2, 0.25) is 5.02 Å². The van der Waals surface area contributed by atoms with Crippen molar-refractivity contribution in [3.63, 3.8) is 0 Å². The minimum Gasteiger partial charge on any atom is -0.497 e. The van der Waals surface area contributed by atoms with Crippen molar-refractivity contribution in [2.24, 2.45) is 5.73 Å². The van der Waals surface area contributed by atoms with Gasteiger partial charge < -0.3 is 15.2 Å². The Morgan fingerprint density at radius 2 is 1.85 bits per heavy atom. The van der Waals surface area contributed by atoms with Crippen LogP contribution in [0.15, 0.2) is 42.5 Å². The van der Waals surface area contributed by atoms with Crippen LogP contribution >= 0.6 is 11.6 Å². The fourth-order valence-electron chi connectivity index (χ4n) is 1.90. The van der Waals surface area contributed by atoms with Crippen molar-refractivity contribution >= 4 is 11.6 Å². The van der Waals surface area contributed by atoms with E-state index in [1.165, 1.54) is 0 Å². The average Bonchev–Trinajstić information content (AvgIpc) is 2.46. The minimum absolute atomic E-state index is 0.184. The molecule has 0 aromatic heterocycles. The Morgan fingerprint density at radius 3 is 2.45 bits per heavy atom. The second kappa shape index (κ2) is 6.64. The molecule has 1 atom stereocenters. The molecule has 2 N–H and O–H groups in total. The fourth-order valence-corrected chi connectivity index (χ4v) is 2.13. The highest BCUT2D eigenvalue weighted by Gasteiger charge is 2.08. The maximum atomic E-state index is 6.12. The second-order valence-electron chi connectivity index (χ2n) is 4.60. The molecule has 2 aromatic carbocycles. The maximum absolute atomic E-state index is 6.12. The molecule has 2 aromatic rings. The highest BCUT2D eigenvalue weighted by atomic mass is 35.5. The number of nitrogens with two attached hydrogens (primary N) is 1. The summed E-state index contributed by atoms with van der Waals surface area (Å²) in [6.07, 6.45) is 0. The van der Waals surface area contributed by atoms with E-state index in [1.807, 2.05) is 49.4 Å². The zero-order chi connectivity index (χ0) is 14.5. The topological polar surface area (TPSA) is 44.5 Å². The Kier molecular flexibility index (Phi) is 4.88. The van der Waals surface area contributed by atoms with Gasteiger partial charge in [0.25, 0.3) is 0 Å². The first-order chi connectivity index (χ1) is 9.60. The number of halogens is 1. The lowest BCUT2D eigenvalue weighted by molar-refractivity contribution is 0.289. The van der Waals surface area contributed by atoms with Gasteiger partial charge >= 0.3 is 0 Å². The van der Waals surface area contributed by atoms with E-state index >= 15 is 0 Å². The summed E-state index contributed by atoms with van der Waals surface area (Å²) in [5.41, 5.74) is 8.13. The van der Waals surface area contributed by atoms with Crippen molar-refractivity contribution < 1.29 is 9.47 Å². The van der Waals surface area contributed by atoms with Crippen LogP contribution in [0.3, 0.4) is 0 Å². The van der Waals surface area contributed by atoms with E-state index < -0.39 is 0 Å². The number of ether oxygens (including phenoxy) is 2. The van der Waals surface area contributed by atoms with E-state index in [1.54, 1.807) is 7.11 Å². The summed E-state index contributed by atoms with van der Waals surface area (Å²) >= 11 is 5.91. The van der Waals surface area contributed by atoms with Crippen LogP contribution < -0.4 is 15.2 Å². The van der Waals surface area contributed by atoms with Gasteiger partial charge in [-0.05, 0) is 48.4 Å². The molecule has 0 saturated carbocycles. The predicted molar refractivity (Wildman–Crippen MR) is 81.6 cm³/mol. The molecule has 0 heterocycles. The van der Waals surface area contributed by atoms with E-state index in [0.29, 0.717) is 11.6 Å². The molecule has 0 fully saturated rings. The first kappa shape index (κ1) is 14.7. The predicted octanol–water partition coefficient (Wildman–Crippen LogP) is 3.74. The Morgan fingerprint density at radius 1 is 1.15 bits per heavy atom. The normalized spacial score (nSPS) is 12.0. The molecule has 0 bridgehead atoms. The summed E-state index contributed by atoms with van der Waals surface area (Å²) in [7, 11) is 1.64. The molecule has 0 spiro atoms. The summed E-state index contributed by atoms with van der Waals surface area (Å²) in [4.78, 5) is 0. The second-order valence-corrected chi connectivity index (χ2v) is 5.04. The highest BCUT2D eigenvalue weighted by Crippen LogP contribution is 2.23. The van der Waals surface area contributed by atoms with Gasteiger partial charge in [0.05, 0.1) is 13.2 Å². The lowest BCUT2D eigenvalue weighted by Gasteiger charge is -2.15. The van der Waals surface area contributed by atoms with Gasteiger partial charge in [0.2, 0.25) is 0 Å². The Bertz CT molecular complexity index is 569.